The highest BCUT2D eigenvalue weighted by atomic mass is 35.5. The van der Waals surface area contributed by atoms with Crippen LogP contribution in [0.2, 0.25) is 0 Å². The fourth-order valence-corrected chi connectivity index (χ4v) is 2.42. The Morgan fingerprint density at radius 2 is 1.38 bits per heavy atom. The number of nitrogens with two attached hydrogens (primary N) is 1. The maximum absolute atomic E-state index is 12.3. The van der Waals surface area contributed by atoms with Gasteiger partial charge < -0.3 is 20.2 Å². The fourth-order valence-electron chi connectivity index (χ4n) is 2.42. The van der Waals surface area contributed by atoms with Crippen LogP contribution in [0.25, 0.3) is 0 Å². The van der Waals surface area contributed by atoms with E-state index < -0.39 is 41.0 Å². The zero-order valence-electron chi connectivity index (χ0n) is 17.5. The smallest absolute Gasteiger partial charge is 0.310 e. The molecule has 0 unspecified atom stereocenters. The van der Waals surface area contributed by atoms with Crippen molar-refractivity contribution in [2.24, 2.45) is 5.73 Å². The number of pyridine rings is 1. The highest BCUT2D eigenvalue weighted by molar-refractivity contribution is 6.00. The first-order valence-corrected chi connectivity index (χ1v) is 8.64. The number of carbonyl (C=O) groups excluding carboxylic acids is 3. The van der Waals surface area contributed by atoms with Crippen molar-refractivity contribution in [3.63, 3.8) is 0 Å². The first-order valence-electron chi connectivity index (χ1n) is 8.64. The summed E-state index contributed by atoms with van der Waals surface area (Å²) in [7, 11) is 0. The minimum Gasteiger partial charge on any atom is -0.460 e. The third-order valence-corrected chi connectivity index (χ3v) is 3.25. The van der Waals surface area contributed by atoms with Crippen LogP contribution in [-0.4, -0.2) is 40.5 Å². The number of nitrogens with one attached hydrogen (secondary N) is 1. The zero-order valence-corrected chi connectivity index (χ0v) is 19.2. The van der Waals surface area contributed by atoms with Gasteiger partial charge in [0.2, 0.25) is 0 Å². The fraction of sp³-hybridized carbons (Fsp3) is 0.579. The Morgan fingerprint density at radius 3 is 1.79 bits per heavy atom. The maximum atomic E-state index is 12.3. The highest BCUT2D eigenvalue weighted by Crippen LogP contribution is 2.18. The number of rotatable bonds is 6. The molecule has 1 aromatic heterocycles. The van der Waals surface area contributed by atoms with E-state index in [1.165, 1.54) is 6.20 Å². The summed E-state index contributed by atoms with van der Waals surface area (Å²) in [5, 5.41) is 0. The van der Waals surface area contributed by atoms with Crippen LogP contribution < -0.4 is 11.3 Å². The number of halogens is 2. The summed E-state index contributed by atoms with van der Waals surface area (Å²) in [6.07, 6.45) is 0.761. The summed E-state index contributed by atoms with van der Waals surface area (Å²) >= 11 is 0. The molecule has 0 aliphatic carbocycles. The molecule has 0 spiro atoms. The van der Waals surface area contributed by atoms with E-state index in [1.54, 1.807) is 41.5 Å². The SMILES string of the molecule is CC(C)(C)OC(=O)Cc1c[nH]c(=O)c(C(=O)CN)c1CC(=O)OC(C)(C)C.Cl.Cl. The van der Waals surface area contributed by atoms with Gasteiger partial charge in [-0.1, -0.05) is 0 Å². The van der Waals surface area contributed by atoms with Crippen molar-refractivity contribution in [1.29, 1.82) is 0 Å². The van der Waals surface area contributed by atoms with E-state index in [-0.39, 0.29) is 48.8 Å². The minimum atomic E-state index is -0.734. The van der Waals surface area contributed by atoms with E-state index in [0.717, 1.165) is 0 Å². The van der Waals surface area contributed by atoms with Crippen LogP contribution in [0, 0.1) is 0 Å². The number of ether oxygens (including phenoxy) is 2. The van der Waals surface area contributed by atoms with Crippen LogP contribution in [0.3, 0.4) is 0 Å². The number of aromatic nitrogens is 1. The van der Waals surface area contributed by atoms with Gasteiger partial charge in [0.15, 0.2) is 5.78 Å². The van der Waals surface area contributed by atoms with Crippen LogP contribution in [0.15, 0.2) is 11.0 Å². The quantitative estimate of drug-likeness (QED) is 0.499. The van der Waals surface area contributed by atoms with Gasteiger partial charge in [0.1, 0.15) is 11.2 Å². The van der Waals surface area contributed by atoms with Crippen LogP contribution in [-0.2, 0) is 31.9 Å². The van der Waals surface area contributed by atoms with E-state index in [1.807, 2.05) is 0 Å². The third-order valence-electron chi connectivity index (χ3n) is 3.25. The Kier molecular flexibility index (Phi) is 11.4. The molecule has 0 radical (unpaired) electrons. The summed E-state index contributed by atoms with van der Waals surface area (Å²) in [5.74, 6) is -1.79. The molecule has 0 amide bonds. The first-order chi connectivity index (χ1) is 12.2. The monoisotopic (exact) mass is 452 g/mol. The molecule has 0 atom stereocenters. The van der Waals surface area contributed by atoms with Gasteiger partial charge >= 0.3 is 11.9 Å². The van der Waals surface area contributed by atoms with Gasteiger partial charge in [-0.05, 0) is 52.7 Å². The van der Waals surface area contributed by atoms with Crippen LogP contribution in [0.5, 0.6) is 0 Å². The van der Waals surface area contributed by atoms with Crippen LogP contribution in [0.4, 0.5) is 0 Å². The number of hydrogen-bond acceptors (Lipinski definition) is 7. The molecule has 3 N–H and O–H groups in total. The van der Waals surface area contributed by atoms with E-state index in [2.05, 4.69) is 4.98 Å². The lowest BCUT2D eigenvalue weighted by Gasteiger charge is -2.22. The number of esters is 2. The topological polar surface area (TPSA) is 129 Å². The lowest BCUT2D eigenvalue weighted by atomic mass is 9.96. The first kappa shape index (κ1) is 29.3. The second kappa shape index (κ2) is 11.3. The van der Waals surface area contributed by atoms with Crippen molar-refractivity contribution in [2.45, 2.75) is 65.6 Å². The van der Waals surface area contributed by atoms with Crippen LogP contribution >= 0.6 is 24.8 Å². The van der Waals surface area contributed by atoms with E-state index in [4.69, 9.17) is 15.2 Å². The third kappa shape index (κ3) is 9.92. The predicted molar refractivity (Wildman–Crippen MR) is 114 cm³/mol. The molecule has 29 heavy (non-hydrogen) atoms. The molecule has 0 fully saturated rings. The Balaban J connectivity index is 0. The number of Topliss-reactive ketones (excluding diaryl/α,β-unsaturated/α-hetero) is 1. The van der Waals surface area contributed by atoms with E-state index in [9.17, 15) is 19.2 Å². The van der Waals surface area contributed by atoms with Gasteiger partial charge in [-0.15, -0.1) is 24.8 Å². The molecule has 8 nitrogen and oxygen atoms in total. The second-order valence-corrected chi connectivity index (χ2v) is 8.15. The summed E-state index contributed by atoms with van der Waals surface area (Å²) < 4.78 is 10.6. The summed E-state index contributed by atoms with van der Waals surface area (Å²) in [4.78, 5) is 51.2. The zero-order chi connectivity index (χ0) is 21.0. The molecule has 0 aromatic carbocycles. The second-order valence-electron chi connectivity index (χ2n) is 8.15. The maximum Gasteiger partial charge on any atom is 0.310 e. The molecule has 1 heterocycles. The van der Waals surface area contributed by atoms with E-state index in [0.29, 0.717) is 5.56 Å². The Morgan fingerprint density at radius 1 is 0.931 bits per heavy atom. The summed E-state index contributed by atoms with van der Waals surface area (Å²) in [6.45, 7) is 9.89. The minimum absolute atomic E-state index is 0. The average molecular weight is 453 g/mol. The van der Waals surface area contributed by atoms with Crippen molar-refractivity contribution in [3.8, 4) is 0 Å². The number of H-pyrrole nitrogens is 1. The lowest BCUT2D eigenvalue weighted by Crippen LogP contribution is -2.31. The standard InChI is InChI=1S/C19H28N2O6.2ClH/c1-18(2,3)26-14(23)7-11-10-21-17(25)16(13(22)9-20)12(11)8-15(24)27-19(4,5)6;;/h10H,7-9,20H2,1-6H3,(H,21,25);2*1H. The molecule has 0 saturated carbocycles. The molecular weight excluding hydrogens is 423 g/mol. The van der Waals surface area contributed by atoms with Gasteiger partial charge in [-0.2, -0.15) is 0 Å². The van der Waals surface area contributed by atoms with Gasteiger partial charge in [-0.3, -0.25) is 19.2 Å². The molecule has 166 valence electrons. The van der Waals surface area contributed by atoms with Crippen molar-refractivity contribution >= 4 is 42.5 Å². The van der Waals surface area contributed by atoms with Gasteiger partial charge in [-0.25, -0.2) is 0 Å². The van der Waals surface area contributed by atoms with Crippen molar-refractivity contribution in [3.05, 3.63) is 33.2 Å². The van der Waals surface area contributed by atoms with Crippen molar-refractivity contribution < 1.29 is 23.9 Å². The predicted octanol–water partition coefficient (Wildman–Crippen LogP) is 2.13. The molecule has 10 heteroatoms. The molecular formula is C19H30Cl2N2O6. The Bertz CT molecular complexity index is 791. The van der Waals surface area contributed by atoms with E-state index >= 15 is 0 Å². The largest absolute Gasteiger partial charge is 0.460 e. The molecule has 1 aromatic rings. The Hall–Kier alpha value is -1.90. The number of aromatic amines is 1. The average Bonchev–Trinajstić information content (AvgIpc) is 2.45. The normalized spacial score (nSPS) is 11.0. The van der Waals surface area contributed by atoms with Crippen molar-refractivity contribution in [1.82, 2.24) is 4.98 Å². The molecule has 0 aliphatic rings. The molecule has 1 rings (SSSR count). The van der Waals surface area contributed by atoms with Crippen molar-refractivity contribution in [2.75, 3.05) is 6.54 Å². The van der Waals surface area contributed by atoms with Gasteiger partial charge in [0, 0.05) is 6.20 Å². The molecule has 0 aliphatic heterocycles. The molecule has 0 bridgehead atoms. The van der Waals surface area contributed by atoms with Crippen LogP contribution in [0.1, 0.15) is 63.0 Å². The summed E-state index contributed by atoms with van der Waals surface area (Å²) in [5.41, 5.74) is 3.51. The summed E-state index contributed by atoms with van der Waals surface area (Å²) in [6, 6.07) is 0. The lowest BCUT2D eigenvalue weighted by molar-refractivity contribution is -0.155. The number of carbonyl (C=O) groups is 3. The number of ketones is 1. The highest BCUT2D eigenvalue weighted by Gasteiger charge is 2.25. The van der Waals surface area contributed by atoms with Gasteiger partial charge in [0.25, 0.3) is 5.56 Å². The van der Waals surface area contributed by atoms with Gasteiger partial charge in [0.05, 0.1) is 24.9 Å². The molecule has 0 saturated heterocycles. The Labute approximate surface area is 182 Å². The number of hydrogen-bond donors (Lipinski definition) is 2.